The number of fused-ring (bicyclic) bond motifs is 1. The summed E-state index contributed by atoms with van der Waals surface area (Å²) in [6.07, 6.45) is 2.35. The first-order valence-electron chi connectivity index (χ1n) is 6.33. The Morgan fingerprint density at radius 1 is 1.53 bits per heavy atom. The predicted molar refractivity (Wildman–Crippen MR) is 74.3 cm³/mol. The molecule has 0 heterocycles. The van der Waals surface area contributed by atoms with Crippen LogP contribution < -0.4 is 5.32 Å². The van der Waals surface area contributed by atoms with E-state index < -0.39 is 0 Å². The molecule has 2 unspecified atom stereocenters. The molecule has 0 bridgehead atoms. The van der Waals surface area contributed by atoms with Crippen molar-refractivity contribution in [2.24, 2.45) is 0 Å². The quantitative estimate of drug-likeness (QED) is 0.899. The molecule has 1 aromatic rings. The minimum Gasteiger partial charge on any atom is -0.380 e. The number of benzene rings is 1. The lowest BCUT2D eigenvalue weighted by atomic mass is 10.1. The maximum absolute atomic E-state index is 5.45. The van der Waals surface area contributed by atoms with Crippen molar-refractivity contribution in [3.63, 3.8) is 0 Å². The number of nitrogens with one attached hydrogen (secondary N) is 1. The van der Waals surface area contributed by atoms with Gasteiger partial charge in [-0.15, -0.1) is 0 Å². The zero-order chi connectivity index (χ0) is 12.3. The van der Waals surface area contributed by atoms with Crippen LogP contribution in [0, 0.1) is 0 Å². The van der Waals surface area contributed by atoms with Crippen molar-refractivity contribution in [1.29, 1.82) is 0 Å². The maximum Gasteiger partial charge on any atom is 0.0616 e. The van der Waals surface area contributed by atoms with Crippen LogP contribution in [-0.4, -0.2) is 19.3 Å². The Hall–Kier alpha value is -0.380. The van der Waals surface area contributed by atoms with Gasteiger partial charge in [0.2, 0.25) is 0 Å². The number of hydrogen-bond donors (Lipinski definition) is 1. The molecule has 0 aromatic heterocycles. The third-order valence-electron chi connectivity index (χ3n) is 3.27. The Bertz CT molecular complexity index is 380. The molecular weight excluding hydrogens is 278 g/mol. The van der Waals surface area contributed by atoms with E-state index in [2.05, 4.69) is 46.4 Å². The molecule has 17 heavy (non-hydrogen) atoms. The Kier molecular flexibility index (Phi) is 4.60. The Morgan fingerprint density at radius 3 is 3.12 bits per heavy atom. The highest BCUT2D eigenvalue weighted by Gasteiger charge is 2.24. The molecule has 1 aliphatic carbocycles. The molecule has 1 aliphatic rings. The molecule has 0 aliphatic heterocycles. The lowest BCUT2D eigenvalue weighted by molar-refractivity contribution is 0.123. The second-order valence-corrected chi connectivity index (χ2v) is 5.48. The van der Waals surface area contributed by atoms with Crippen LogP contribution in [0.3, 0.4) is 0 Å². The van der Waals surface area contributed by atoms with Crippen molar-refractivity contribution >= 4 is 15.9 Å². The van der Waals surface area contributed by atoms with Gasteiger partial charge >= 0.3 is 0 Å². The molecule has 0 radical (unpaired) electrons. The fourth-order valence-corrected chi connectivity index (χ4v) is 3.05. The summed E-state index contributed by atoms with van der Waals surface area (Å²) in [5, 5.41) is 3.65. The van der Waals surface area contributed by atoms with Crippen molar-refractivity contribution in [2.75, 3.05) is 13.2 Å². The summed E-state index contributed by atoms with van der Waals surface area (Å²) >= 11 is 3.63. The molecule has 0 saturated carbocycles. The van der Waals surface area contributed by atoms with Gasteiger partial charge in [-0.05, 0) is 43.9 Å². The number of ether oxygens (including phenoxy) is 1. The third kappa shape index (κ3) is 3.09. The van der Waals surface area contributed by atoms with E-state index >= 15 is 0 Å². The Labute approximate surface area is 112 Å². The number of halogens is 1. The van der Waals surface area contributed by atoms with Gasteiger partial charge in [0.15, 0.2) is 0 Å². The summed E-state index contributed by atoms with van der Waals surface area (Å²) in [6.45, 7) is 5.80. The zero-order valence-electron chi connectivity index (χ0n) is 10.5. The second kappa shape index (κ2) is 5.98. The van der Waals surface area contributed by atoms with Crippen molar-refractivity contribution in [3.05, 3.63) is 33.8 Å². The van der Waals surface area contributed by atoms with Crippen LogP contribution in [0.5, 0.6) is 0 Å². The maximum atomic E-state index is 5.45. The molecule has 1 aromatic carbocycles. The summed E-state index contributed by atoms with van der Waals surface area (Å²) in [7, 11) is 0. The number of rotatable bonds is 5. The van der Waals surface area contributed by atoms with Crippen molar-refractivity contribution < 1.29 is 4.74 Å². The van der Waals surface area contributed by atoms with Gasteiger partial charge < -0.3 is 10.1 Å². The van der Waals surface area contributed by atoms with Gasteiger partial charge in [-0.2, -0.15) is 0 Å². The van der Waals surface area contributed by atoms with Crippen molar-refractivity contribution in [2.45, 2.75) is 38.8 Å². The van der Waals surface area contributed by atoms with Gasteiger partial charge in [-0.1, -0.05) is 28.1 Å². The van der Waals surface area contributed by atoms with Crippen LogP contribution in [0.4, 0.5) is 0 Å². The molecule has 1 N–H and O–H groups in total. The van der Waals surface area contributed by atoms with E-state index in [0.29, 0.717) is 12.1 Å². The minimum atomic E-state index is 0.407. The highest BCUT2D eigenvalue weighted by atomic mass is 79.9. The lowest BCUT2D eigenvalue weighted by Gasteiger charge is -2.20. The summed E-state index contributed by atoms with van der Waals surface area (Å²) in [5.74, 6) is 0. The standard InChI is InChI=1S/C14H20BrNO/c1-3-17-9-10(2)16-14-8-7-11-12(14)5-4-6-13(11)15/h4-6,10,14,16H,3,7-9H2,1-2H3. The van der Waals surface area contributed by atoms with E-state index in [1.165, 1.54) is 22.0 Å². The fraction of sp³-hybridized carbons (Fsp3) is 0.571. The van der Waals surface area contributed by atoms with Crippen LogP contribution in [-0.2, 0) is 11.2 Å². The molecular formula is C14H20BrNO. The van der Waals surface area contributed by atoms with Crippen LogP contribution in [0.2, 0.25) is 0 Å². The van der Waals surface area contributed by atoms with Crippen LogP contribution in [0.25, 0.3) is 0 Å². The van der Waals surface area contributed by atoms with Crippen LogP contribution in [0.15, 0.2) is 22.7 Å². The van der Waals surface area contributed by atoms with Crippen LogP contribution >= 0.6 is 15.9 Å². The fourth-order valence-electron chi connectivity index (χ4n) is 2.47. The topological polar surface area (TPSA) is 21.3 Å². The largest absolute Gasteiger partial charge is 0.380 e. The minimum absolute atomic E-state index is 0.407. The predicted octanol–water partition coefficient (Wildman–Crippen LogP) is 3.45. The van der Waals surface area contributed by atoms with E-state index in [-0.39, 0.29) is 0 Å². The first-order chi connectivity index (χ1) is 8.22. The molecule has 0 spiro atoms. The molecule has 3 heteroatoms. The summed E-state index contributed by atoms with van der Waals surface area (Å²) in [5.41, 5.74) is 2.91. The van der Waals surface area contributed by atoms with E-state index in [1.807, 2.05) is 6.92 Å². The first kappa shape index (κ1) is 13.1. The molecule has 2 rings (SSSR count). The van der Waals surface area contributed by atoms with Gasteiger partial charge in [-0.3, -0.25) is 0 Å². The van der Waals surface area contributed by atoms with Gasteiger partial charge in [-0.25, -0.2) is 0 Å². The molecule has 0 amide bonds. The third-order valence-corrected chi connectivity index (χ3v) is 4.01. The Morgan fingerprint density at radius 2 is 2.35 bits per heavy atom. The van der Waals surface area contributed by atoms with Gasteiger partial charge in [0.25, 0.3) is 0 Å². The average Bonchev–Trinajstić information content (AvgIpc) is 2.71. The van der Waals surface area contributed by atoms with Crippen molar-refractivity contribution in [1.82, 2.24) is 5.32 Å². The Balaban J connectivity index is 2.00. The highest BCUT2D eigenvalue weighted by Crippen LogP contribution is 2.35. The first-order valence-corrected chi connectivity index (χ1v) is 7.12. The molecule has 2 atom stereocenters. The van der Waals surface area contributed by atoms with Crippen LogP contribution in [0.1, 0.15) is 37.4 Å². The normalized spacial score (nSPS) is 20.3. The van der Waals surface area contributed by atoms with Gasteiger partial charge in [0.1, 0.15) is 0 Å². The summed E-state index contributed by atoms with van der Waals surface area (Å²) in [4.78, 5) is 0. The molecule has 2 nitrogen and oxygen atoms in total. The van der Waals surface area contributed by atoms with Crippen molar-refractivity contribution in [3.8, 4) is 0 Å². The van der Waals surface area contributed by atoms with Gasteiger partial charge in [0, 0.05) is 23.2 Å². The summed E-state index contributed by atoms with van der Waals surface area (Å²) in [6, 6.07) is 7.38. The summed E-state index contributed by atoms with van der Waals surface area (Å²) < 4.78 is 6.69. The highest BCUT2D eigenvalue weighted by molar-refractivity contribution is 9.10. The van der Waals surface area contributed by atoms with E-state index in [9.17, 15) is 0 Å². The lowest BCUT2D eigenvalue weighted by Crippen LogP contribution is -2.33. The molecule has 0 saturated heterocycles. The van der Waals surface area contributed by atoms with E-state index in [4.69, 9.17) is 4.74 Å². The SMILES string of the molecule is CCOCC(C)NC1CCc2c(Br)cccc21. The molecule has 94 valence electrons. The van der Waals surface area contributed by atoms with E-state index in [1.54, 1.807) is 0 Å². The monoisotopic (exact) mass is 297 g/mol. The second-order valence-electron chi connectivity index (χ2n) is 4.63. The average molecular weight is 298 g/mol. The number of hydrogen-bond acceptors (Lipinski definition) is 2. The van der Waals surface area contributed by atoms with Gasteiger partial charge in [0.05, 0.1) is 6.61 Å². The molecule has 0 fully saturated rings. The smallest absolute Gasteiger partial charge is 0.0616 e. The zero-order valence-corrected chi connectivity index (χ0v) is 12.1. The van der Waals surface area contributed by atoms with E-state index in [0.717, 1.165) is 19.6 Å².